The molecule has 0 N–H and O–H groups in total. The molecular weight excluding hydrogens is 318 g/mol. The molecule has 0 radical (unpaired) electrons. The van der Waals surface area contributed by atoms with E-state index in [9.17, 15) is 0 Å². The van der Waals surface area contributed by atoms with Gasteiger partial charge < -0.3 is 9.47 Å². The van der Waals surface area contributed by atoms with Crippen molar-refractivity contribution in [2.45, 2.75) is 6.54 Å². The molecule has 0 fully saturated rings. The van der Waals surface area contributed by atoms with Gasteiger partial charge in [-0.15, -0.1) is 0 Å². The average molecular weight is 331 g/mol. The molecule has 1 aliphatic heterocycles. The number of para-hydroxylation sites is 1. The maximum absolute atomic E-state index is 5.50. The molecule has 0 atom stereocenters. The Morgan fingerprint density at radius 3 is 2.84 bits per heavy atom. The molecule has 0 bridgehead atoms. The molecule has 0 saturated carbocycles. The number of hydrogen-bond donors (Lipinski definition) is 0. The van der Waals surface area contributed by atoms with Gasteiger partial charge in [0.15, 0.2) is 17.3 Å². The molecule has 2 aromatic heterocycles. The Bertz CT molecular complexity index is 1060. The fraction of sp³-hybridized carbons (Fsp3) is 0.111. The van der Waals surface area contributed by atoms with Crippen LogP contribution in [0, 0.1) is 0 Å². The normalized spacial score (nSPS) is 12.6. The lowest BCUT2D eigenvalue weighted by Crippen LogP contribution is -2.06. The molecule has 0 spiro atoms. The minimum absolute atomic E-state index is 0.251. The van der Waals surface area contributed by atoms with Crippen LogP contribution in [0.25, 0.3) is 22.2 Å². The monoisotopic (exact) mass is 331 g/mol. The van der Waals surface area contributed by atoms with Crippen molar-refractivity contribution in [2.24, 2.45) is 0 Å². The number of hydrogen-bond acceptors (Lipinski definition) is 6. The first kappa shape index (κ1) is 13.9. The highest BCUT2D eigenvalue weighted by Crippen LogP contribution is 2.37. The van der Waals surface area contributed by atoms with Crippen molar-refractivity contribution in [1.29, 1.82) is 0 Å². The number of ether oxygens (including phenoxy) is 2. The molecule has 1 aliphatic rings. The average Bonchev–Trinajstić information content (AvgIpc) is 3.32. The van der Waals surface area contributed by atoms with Gasteiger partial charge in [-0.1, -0.05) is 18.2 Å². The first-order chi connectivity index (χ1) is 12.4. The van der Waals surface area contributed by atoms with Gasteiger partial charge in [0.1, 0.15) is 19.2 Å². The summed E-state index contributed by atoms with van der Waals surface area (Å²) < 4.78 is 12.6. The highest BCUT2D eigenvalue weighted by Gasteiger charge is 2.16. The molecule has 0 amide bonds. The number of aromatic nitrogens is 5. The van der Waals surface area contributed by atoms with Crippen LogP contribution in [-0.2, 0) is 6.54 Å². The Morgan fingerprint density at radius 1 is 1.00 bits per heavy atom. The fourth-order valence-corrected chi connectivity index (χ4v) is 2.92. The number of rotatable bonds is 3. The van der Waals surface area contributed by atoms with E-state index in [4.69, 9.17) is 14.5 Å². The molecule has 25 heavy (non-hydrogen) atoms. The summed E-state index contributed by atoms with van der Waals surface area (Å²) in [5.74, 6) is 2.17. The molecule has 4 aromatic rings. The molecule has 122 valence electrons. The summed E-state index contributed by atoms with van der Waals surface area (Å²) in [7, 11) is 0. The number of benzene rings is 2. The fourth-order valence-electron chi connectivity index (χ4n) is 2.92. The van der Waals surface area contributed by atoms with Crippen LogP contribution >= 0.6 is 0 Å². The Balaban J connectivity index is 1.67. The topological polar surface area (TPSA) is 75.0 Å². The molecule has 3 heterocycles. The molecule has 0 unspecified atom stereocenters. The van der Waals surface area contributed by atoms with Gasteiger partial charge in [0, 0.05) is 10.9 Å². The smallest absolute Gasteiger partial charge is 0.231 e. The summed E-state index contributed by atoms with van der Waals surface area (Å²) in [5.41, 5.74) is 2.71. The number of nitrogens with zero attached hydrogens (tertiary/aromatic N) is 5. The molecule has 0 aliphatic carbocycles. The lowest BCUT2D eigenvalue weighted by atomic mass is 10.1. The van der Waals surface area contributed by atoms with Gasteiger partial charge in [-0.25, -0.2) is 19.6 Å². The van der Waals surface area contributed by atoms with Crippen LogP contribution < -0.4 is 9.47 Å². The third kappa shape index (κ3) is 2.46. The molecule has 5 rings (SSSR count). The largest absolute Gasteiger partial charge is 0.454 e. The second-order valence-electron chi connectivity index (χ2n) is 5.67. The Hall–Kier alpha value is -3.48. The van der Waals surface area contributed by atoms with Gasteiger partial charge >= 0.3 is 0 Å². The van der Waals surface area contributed by atoms with Gasteiger partial charge in [-0.3, -0.25) is 0 Å². The predicted molar refractivity (Wildman–Crippen MR) is 90.2 cm³/mol. The van der Waals surface area contributed by atoms with E-state index in [0.29, 0.717) is 12.4 Å². The van der Waals surface area contributed by atoms with Gasteiger partial charge in [-0.05, 0) is 24.3 Å². The highest BCUT2D eigenvalue weighted by atomic mass is 16.7. The summed E-state index contributed by atoms with van der Waals surface area (Å²) in [4.78, 5) is 13.4. The Labute approximate surface area is 142 Å². The minimum Gasteiger partial charge on any atom is -0.454 e. The van der Waals surface area contributed by atoms with Crippen molar-refractivity contribution in [3.63, 3.8) is 0 Å². The second kappa shape index (κ2) is 5.55. The first-order valence-electron chi connectivity index (χ1n) is 7.85. The van der Waals surface area contributed by atoms with Crippen molar-refractivity contribution in [2.75, 3.05) is 6.79 Å². The van der Waals surface area contributed by atoms with Crippen LogP contribution in [0.4, 0.5) is 0 Å². The summed E-state index contributed by atoms with van der Waals surface area (Å²) in [6, 6.07) is 13.8. The minimum atomic E-state index is 0.251. The van der Waals surface area contributed by atoms with Gasteiger partial charge in [-0.2, -0.15) is 5.10 Å². The SMILES string of the molecule is c1ccc2c(-c3ccc4c(c3)OCO4)nc(Cn3cncn3)nc2c1. The van der Waals surface area contributed by atoms with Crippen LogP contribution in [0.3, 0.4) is 0 Å². The van der Waals surface area contributed by atoms with Gasteiger partial charge in [0.25, 0.3) is 0 Å². The van der Waals surface area contributed by atoms with Crippen molar-refractivity contribution in [3.8, 4) is 22.8 Å². The third-order valence-corrected chi connectivity index (χ3v) is 4.07. The van der Waals surface area contributed by atoms with Gasteiger partial charge in [0.05, 0.1) is 11.2 Å². The lowest BCUT2D eigenvalue weighted by Gasteiger charge is -2.09. The van der Waals surface area contributed by atoms with E-state index < -0.39 is 0 Å². The third-order valence-electron chi connectivity index (χ3n) is 4.07. The summed E-state index contributed by atoms with van der Waals surface area (Å²) in [6.07, 6.45) is 3.15. The van der Waals surface area contributed by atoms with Crippen LogP contribution in [0.2, 0.25) is 0 Å². The molecule has 7 nitrogen and oxygen atoms in total. The molecule has 7 heteroatoms. The maximum atomic E-state index is 5.50. The predicted octanol–water partition coefficient (Wildman–Crippen LogP) is 2.67. The van der Waals surface area contributed by atoms with E-state index in [2.05, 4.69) is 15.1 Å². The van der Waals surface area contributed by atoms with Crippen molar-refractivity contribution in [3.05, 3.63) is 60.9 Å². The highest BCUT2D eigenvalue weighted by molar-refractivity contribution is 5.92. The molecule has 0 saturated heterocycles. The zero-order valence-electron chi connectivity index (χ0n) is 13.2. The molecule has 2 aromatic carbocycles. The van der Waals surface area contributed by atoms with Crippen molar-refractivity contribution >= 4 is 10.9 Å². The van der Waals surface area contributed by atoms with E-state index in [0.717, 1.165) is 33.7 Å². The Morgan fingerprint density at radius 2 is 1.92 bits per heavy atom. The van der Waals surface area contributed by atoms with E-state index in [-0.39, 0.29) is 6.79 Å². The second-order valence-corrected chi connectivity index (χ2v) is 5.67. The Kier molecular flexibility index (Phi) is 3.09. The standard InChI is InChI=1S/C18H13N5O2/c1-2-4-14-13(3-1)18(12-5-6-15-16(7-12)25-11-24-15)22-17(21-14)8-23-10-19-9-20-23/h1-7,9-10H,8,11H2. The van der Waals surface area contributed by atoms with E-state index in [1.54, 1.807) is 11.0 Å². The van der Waals surface area contributed by atoms with Crippen molar-refractivity contribution < 1.29 is 9.47 Å². The zero-order valence-corrected chi connectivity index (χ0v) is 13.2. The first-order valence-corrected chi connectivity index (χ1v) is 7.85. The number of fused-ring (bicyclic) bond motifs is 2. The van der Waals surface area contributed by atoms with Crippen LogP contribution in [0.5, 0.6) is 11.5 Å². The lowest BCUT2D eigenvalue weighted by molar-refractivity contribution is 0.174. The van der Waals surface area contributed by atoms with Gasteiger partial charge in [0.2, 0.25) is 6.79 Å². The van der Waals surface area contributed by atoms with Crippen molar-refractivity contribution in [1.82, 2.24) is 24.7 Å². The van der Waals surface area contributed by atoms with E-state index in [1.807, 2.05) is 42.5 Å². The summed E-state index contributed by atoms with van der Waals surface area (Å²) >= 11 is 0. The zero-order chi connectivity index (χ0) is 16.6. The van der Waals surface area contributed by atoms with E-state index in [1.165, 1.54) is 6.33 Å². The molecular formula is C18H13N5O2. The summed E-state index contributed by atoms with van der Waals surface area (Å²) in [6.45, 7) is 0.712. The summed E-state index contributed by atoms with van der Waals surface area (Å²) in [5, 5.41) is 5.12. The van der Waals surface area contributed by atoms with Crippen LogP contribution in [-0.4, -0.2) is 31.5 Å². The van der Waals surface area contributed by atoms with Crippen LogP contribution in [0.1, 0.15) is 5.82 Å². The maximum Gasteiger partial charge on any atom is 0.231 e. The quantitative estimate of drug-likeness (QED) is 0.574. The van der Waals surface area contributed by atoms with Crippen LogP contribution in [0.15, 0.2) is 55.1 Å². The van der Waals surface area contributed by atoms with E-state index >= 15 is 0 Å².